The zero-order valence-corrected chi connectivity index (χ0v) is 17.3. The molecule has 1 aromatic carbocycles. The van der Waals surface area contributed by atoms with E-state index in [1.165, 1.54) is 35.7 Å². The Labute approximate surface area is 169 Å². The fourth-order valence-corrected chi connectivity index (χ4v) is 4.12. The molecule has 2 aromatic rings. The standard InChI is InChI=1S/C19H27N5O3S/c1-12-6-4-5-7-15(12)21-17(25)11-28-19-23-22-18(24(19)20)14-9-8-13(26-2)10-16(14)27-3/h8-10,12,15H,4-7,11,20H2,1-3H3,(H,21,25)/t12-,15-/m0/s1. The highest BCUT2D eigenvalue weighted by atomic mass is 32.2. The van der Waals surface area contributed by atoms with Gasteiger partial charge in [-0.3, -0.25) is 4.79 Å². The number of amides is 1. The molecule has 0 bridgehead atoms. The van der Waals surface area contributed by atoms with Crippen LogP contribution in [0.3, 0.4) is 0 Å². The molecule has 0 unspecified atom stereocenters. The van der Waals surface area contributed by atoms with Gasteiger partial charge >= 0.3 is 0 Å². The van der Waals surface area contributed by atoms with Crippen LogP contribution >= 0.6 is 11.8 Å². The number of hydrogen-bond acceptors (Lipinski definition) is 7. The molecule has 0 radical (unpaired) electrons. The Balaban J connectivity index is 1.66. The van der Waals surface area contributed by atoms with E-state index >= 15 is 0 Å². The van der Waals surface area contributed by atoms with Crippen LogP contribution in [0, 0.1) is 5.92 Å². The number of thioether (sulfide) groups is 1. The van der Waals surface area contributed by atoms with E-state index in [9.17, 15) is 4.79 Å². The van der Waals surface area contributed by atoms with Crippen molar-refractivity contribution < 1.29 is 14.3 Å². The predicted octanol–water partition coefficient (Wildman–Crippen LogP) is 2.46. The number of benzene rings is 1. The molecule has 3 rings (SSSR count). The number of ether oxygens (including phenoxy) is 2. The molecule has 1 saturated carbocycles. The van der Waals surface area contributed by atoms with Crippen molar-refractivity contribution in [3.05, 3.63) is 18.2 Å². The van der Waals surface area contributed by atoms with Crippen molar-refractivity contribution in [2.24, 2.45) is 5.92 Å². The number of carbonyl (C=O) groups is 1. The highest BCUT2D eigenvalue weighted by Crippen LogP contribution is 2.33. The van der Waals surface area contributed by atoms with Gasteiger partial charge in [0.05, 0.1) is 25.5 Å². The number of nitrogens with one attached hydrogen (secondary N) is 1. The quantitative estimate of drug-likeness (QED) is 0.538. The molecule has 9 heteroatoms. The van der Waals surface area contributed by atoms with Crippen LogP contribution < -0.4 is 20.6 Å². The molecule has 1 aliphatic carbocycles. The number of aromatic nitrogens is 3. The van der Waals surface area contributed by atoms with Gasteiger partial charge < -0.3 is 20.6 Å². The topological polar surface area (TPSA) is 104 Å². The van der Waals surface area contributed by atoms with E-state index in [0.717, 1.165) is 6.42 Å². The third-order valence-corrected chi connectivity index (χ3v) is 6.05. The van der Waals surface area contributed by atoms with Crippen LogP contribution in [-0.2, 0) is 4.79 Å². The van der Waals surface area contributed by atoms with Crippen molar-refractivity contribution >= 4 is 17.7 Å². The number of methoxy groups -OCH3 is 2. The predicted molar refractivity (Wildman–Crippen MR) is 109 cm³/mol. The second-order valence-corrected chi connectivity index (χ2v) is 7.91. The number of nitrogen functional groups attached to an aromatic ring is 1. The Hall–Kier alpha value is -2.42. The van der Waals surface area contributed by atoms with Crippen LogP contribution in [0.1, 0.15) is 32.6 Å². The van der Waals surface area contributed by atoms with Crippen molar-refractivity contribution in [3.63, 3.8) is 0 Å². The van der Waals surface area contributed by atoms with Gasteiger partial charge in [0.2, 0.25) is 11.1 Å². The van der Waals surface area contributed by atoms with Gasteiger partial charge in [-0.25, -0.2) is 4.68 Å². The van der Waals surface area contributed by atoms with Gasteiger partial charge in [0, 0.05) is 12.1 Å². The van der Waals surface area contributed by atoms with Crippen LogP contribution in [0.4, 0.5) is 0 Å². The Morgan fingerprint density at radius 1 is 1.29 bits per heavy atom. The third kappa shape index (κ3) is 4.52. The van der Waals surface area contributed by atoms with E-state index < -0.39 is 0 Å². The fraction of sp³-hybridized carbons (Fsp3) is 0.526. The van der Waals surface area contributed by atoms with Crippen LogP contribution in [-0.4, -0.2) is 46.8 Å². The Morgan fingerprint density at radius 2 is 2.07 bits per heavy atom. The first-order chi connectivity index (χ1) is 13.5. The van der Waals surface area contributed by atoms with E-state index in [1.807, 2.05) is 6.07 Å². The van der Waals surface area contributed by atoms with E-state index in [1.54, 1.807) is 26.4 Å². The lowest BCUT2D eigenvalue weighted by Crippen LogP contribution is -2.41. The zero-order valence-electron chi connectivity index (χ0n) is 16.5. The minimum absolute atomic E-state index is 0.00433. The summed E-state index contributed by atoms with van der Waals surface area (Å²) in [5, 5.41) is 11.9. The van der Waals surface area contributed by atoms with E-state index in [2.05, 4.69) is 22.4 Å². The summed E-state index contributed by atoms with van der Waals surface area (Å²) in [5.74, 6) is 8.66. The minimum atomic E-state index is -0.00433. The number of nitrogens with zero attached hydrogens (tertiary/aromatic N) is 3. The zero-order chi connectivity index (χ0) is 20.1. The highest BCUT2D eigenvalue weighted by Gasteiger charge is 2.23. The minimum Gasteiger partial charge on any atom is -0.497 e. The number of hydrogen-bond donors (Lipinski definition) is 2. The number of rotatable bonds is 7. The maximum Gasteiger partial charge on any atom is 0.230 e. The summed E-state index contributed by atoms with van der Waals surface area (Å²) >= 11 is 1.27. The van der Waals surface area contributed by atoms with Gasteiger partial charge in [0.1, 0.15) is 11.5 Å². The van der Waals surface area contributed by atoms with Gasteiger partial charge in [0.25, 0.3) is 0 Å². The molecule has 1 aromatic heterocycles. The number of carbonyl (C=O) groups excluding carboxylic acids is 1. The lowest BCUT2D eigenvalue weighted by molar-refractivity contribution is -0.119. The first-order valence-electron chi connectivity index (χ1n) is 9.38. The van der Waals surface area contributed by atoms with Crippen LogP contribution in [0.15, 0.2) is 23.4 Å². The Morgan fingerprint density at radius 3 is 2.79 bits per heavy atom. The summed E-state index contributed by atoms with van der Waals surface area (Å²) in [6, 6.07) is 5.64. The lowest BCUT2D eigenvalue weighted by Gasteiger charge is -2.29. The Bertz CT molecular complexity index is 826. The molecule has 1 heterocycles. The lowest BCUT2D eigenvalue weighted by atomic mass is 9.86. The van der Waals surface area contributed by atoms with Crippen molar-refractivity contribution in [1.29, 1.82) is 0 Å². The molecular weight excluding hydrogens is 378 g/mol. The summed E-state index contributed by atoms with van der Waals surface area (Å²) in [5.41, 5.74) is 0.700. The van der Waals surface area contributed by atoms with Crippen molar-refractivity contribution in [1.82, 2.24) is 20.2 Å². The van der Waals surface area contributed by atoms with Crippen LogP contribution in [0.25, 0.3) is 11.4 Å². The monoisotopic (exact) mass is 405 g/mol. The maximum atomic E-state index is 12.3. The van der Waals surface area contributed by atoms with Gasteiger partial charge in [-0.2, -0.15) is 0 Å². The van der Waals surface area contributed by atoms with Crippen molar-refractivity contribution in [3.8, 4) is 22.9 Å². The molecule has 2 atom stereocenters. The van der Waals surface area contributed by atoms with Crippen LogP contribution in [0.5, 0.6) is 11.5 Å². The van der Waals surface area contributed by atoms with Crippen molar-refractivity contribution in [2.45, 2.75) is 43.8 Å². The first kappa shape index (κ1) is 20.3. The summed E-state index contributed by atoms with van der Waals surface area (Å²) in [7, 11) is 3.16. The number of nitrogens with two attached hydrogens (primary N) is 1. The average Bonchev–Trinajstić information content (AvgIpc) is 3.07. The second kappa shape index (κ2) is 9.18. The molecule has 1 aliphatic rings. The summed E-state index contributed by atoms with van der Waals surface area (Å²) in [6.07, 6.45) is 4.64. The molecule has 8 nitrogen and oxygen atoms in total. The second-order valence-electron chi connectivity index (χ2n) is 6.97. The normalized spacial score (nSPS) is 19.2. The molecule has 0 aliphatic heterocycles. The van der Waals surface area contributed by atoms with Crippen molar-refractivity contribution in [2.75, 3.05) is 25.8 Å². The molecule has 1 fully saturated rings. The fourth-order valence-electron chi connectivity index (χ4n) is 3.45. The van der Waals surface area contributed by atoms with Crippen LogP contribution in [0.2, 0.25) is 0 Å². The first-order valence-corrected chi connectivity index (χ1v) is 10.4. The third-order valence-electron chi connectivity index (χ3n) is 5.10. The smallest absolute Gasteiger partial charge is 0.230 e. The molecule has 3 N–H and O–H groups in total. The molecule has 0 spiro atoms. The summed E-state index contributed by atoms with van der Waals surface area (Å²) < 4.78 is 12.0. The molecule has 152 valence electrons. The van der Waals surface area contributed by atoms with E-state index in [-0.39, 0.29) is 17.7 Å². The summed E-state index contributed by atoms with van der Waals surface area (Å²) in [6.45, 7) is 2.20. The molecule has 0 saturated heterocycles. The molecule has 1 amide bonds. The van der Waals surface area contributed by atoms with Gasteiger partial charge in [-0.1, -0.05) is 31.5 Å². The molecular formula is C19H27N5O3S. The SMILES string of the molecule is COc1ccc(-c2nnc(SCC(=O)N[C@H]3CCCC[C@@H]3C)n2N)c(OC)c1. The maximum absolute atomic E-state index is 12.3. The summed E-state index contributed by atoms with van der Waals surface area (Å²) in [4.78, 5) is 12.3. The van der Waals surface area contributed by atoms with Gasteiger partial charge in [-0.05, 0) is 30.9 Å². The molecule has 28 heavy (non-hydrogen) atoms. The average molecular weight is 406 g/mol. The Kier molecular flexibility index (Phi) is 6.66. The van der Waals surface area contributed by atoms with Gasteiger partial charge in [0.15, 0.2) is 5.82 Å². The van der Waals surface area contributed by atoms with E-state index in [4.69, 9.17) is 15.3 Å². The highest BCUT2D eigenvalue weighted by molar-refractivity contribution is 7.99. The largest absolute Gasteiger partial charge is 0.497 e. The van der Waals surface area contributed by atoms with E-state index in [0.29, 0.717) is 34.0 Å². The van der Waals surface area contributed by atoms with Gasteiger partial charge in [-0.15, -0.1) is 10.2 Å².